The van der Waals surface area contributed by atoms with Crippen LogP contribution in [-0.2, 0) is 4.74 Å². The quantitative estimate of drug-likeness (QED) is 0.526. The molecular weight excluding hydrogens is 223 g/mol. The minimum atomic E-state index is -0.197. The molecule has 0 amide bonds. The Hall–Kier alpha value is -0.435. The Morgan fingerprint density at radius 2 is 2.19 bits per heavy atom. The normalized spacial score (nSPS) is 30.9. The topological polar surface area (TPSA) is 12.5 Å². The molecule has 2 nitrogen and oxygen atoms in total. The Kier molecular flexibility index (Phi) is 3.34. The summed E-state index contributed by atoms with van der Waals surface area (Å²) in [5.74, 6) is -0.0724. The fourth-order valence-electron chi connectivity index (χ4n) is 2.01. The maximum absolute atomic E-state index is 13.0. The average molecular weight is 239 g/mol. The van der Waals surface area contributed by atoms with Gasteiger partial charge in [0.15, 0.2) is 0 Å². The summed E-state index contributed by atoms with van der Waals surface area (Å²) in [5, 5.41) is 0. The lowest BCUT2D eigenvalue weighted by atomic mass is 9.89. The lowest BCUT2D eigenvalue weighted by molar-refractivity contribution is 0.0346. The summed E-state index contributed by atoms with van der Waals surface area (Å²) in [4.78, 5) is 2.16. The van der Waals surface area contributed by atoms with E-state index >= 15 is 0 Å². The van der Waals surface area contributed by atoms with Crippen LogP contribution in [0.25, 0.3) is 0 Å². The summed E-state index contributed by atoms with van der Waals surface area (Å²) in [5.41, 5.74) is 1.98. The second kappa shape index (κ2) is 4.44. The lowest BCUT2D eigenvalue weighted by Crippen LogP contribution is -2.30. The Bertz CT molecular complexity index is 404. The van der Waals surface area contributed by atoms with Crippen LogP contribution in [0.1, 0.15) is 18.7 Å². The smallest absolute Gasteiger partial charge is 0.139 e. The average Bonchev–Trinajstić information content (AvgIpc) is 2.46. The molecule has 86 valence electrons. The number of benzene rings is 1. The molecule has 0 saturated carbocycles. The number of hydrogen-bond donors (Lipinski definition) is 0. The van der Waals surface area contributed by atoms with Crippen molar-refractivity contribution in [1.82, 2.24) is 4.90 Å². The first kappa shape index (κ1) is 12.0. The highest BCUT2D eigenvalue weighted by molar-refractivity contribution is 7.17. The minimum absolute atomic E-state index is 0.0712. The van der Waals surface area contributed by atoms with Gasteiger partial charge in [0.2, 0.25) is 0 Å². The number of halogens is 1. The summed E-state index contributed by atoms with van der Waals surface area (Å²) >= 11 is 0. The molecule has 0 spiro atoms. The predicted molar refractivity (Wildman–Crippen MR) is 69.1 cm³/mol. The van der Waals surface area contributed by atoms with Crippen molar-refractivity contribution in [2.24, 2.45) is 0 Å². The Morgan fingerprint density at radius 1 is 1.50 bits per heavy atom. The fourth-order valence-corrected chi connectivity index (χ4v) is 2.43. The molecular formula is C11H16BFNOP. The van der Waals surface area contributed by atoms with E-state index in [1.165, 1.54) is 6.07 Å². The first-order valence-electron chi connectivity index (χ1n) is 5.39. The van der Waals surface area contributed by atoms with E-state index in [1.54, 1.807) is 12.1 Å². The van der Waals surface area contributed by atoms with Crippen LogP contribution in [0.4, 0.5) is 4.39 Å². The van der Waals surface area contributed by atoms with Crippen molar-refractivity contribution >= 4 is 22.5 Å². The van der Waals surface area contributed by atoms with Crippen molar-refractivity contribution in [3.8, 4) is 0 Å². The molecule has 4 atom stereocenters. The van der Waals surface area contributed by atoms with Crippen molar-refractivity contribution in [3.05, 3.63) is 29.6 Å². The van der Waals surface area contributed by atoms with Gasteiger partial charge in [-0.25, -0.2) is 4.39 Å². The maximum atomic E-state index is 13.0. The highest BCUT2D eigenvalue weighted by atomic mass is 31.0. The van der Waals surface area contributed by atoms with Gasteiger partial charge in [-0.15, -0.1) is 9.24 Å². The molecule has 0 aliphatic carbocycles. The standard InChI is InChI=1S/C11H16BFNOP/c1-6-11(16)15-10(14(6)2)8-4-3-7(13)5-9(8)12/h3-6,10-11H,12,16H2,1-2H3/t6-,10?,11?/m1/s1. The van der Waals surface area contributed by atoms with E-state index in [1.807, 2.05) is 14.9 Å². The van der Waals surface area contributed by atoms with Gasteiger partial charge in [-0.05, 0) is 31.7 Å². The highest BCUT2D eigenvalue weighted by Crippen LogP contribution is 2.34. The van der Waals surface area contributed by atoms with E-state index in [0.717, 1.165) is 11.0 Å². The molecule has 0 aromatic heterocycles. The summed E-state index contributed by atoms with van der Waals surface area (Å²) < 4.78 is 18.9. The number of hydrogen-bond acceptors (Lipinski definition) is 2. The van der Waals surface area contributed by atoms with E-state index in [2.05, 4.69) is 21.1 Å². The van der Waals surface area contributed by atoms with E-state index < -0.39 is 0 Å². The second-order valence-electron chi connectivity index (χ2n) is 4.36. The molecule has 1 aromatic carbocycles. The van der Waals surface area contributed by atoms with Crippen LogP contribution in [0.15, 0.2) is 18.2 Å². The second-order valence-corrected chi connectivity index (χ2v) is 5.02. The van der Waals surface area contributed by atoms with Crippen molar-refractivity contribution in [2.45, 2.75) is 25.0 Å². The Labute approximate surface area is 98.8 Å². The van der Waals surface area contributed by atoms with Crippen LogP contribution in [0.2, 0.25) is 0 Å². The maximum Gasteiger partial charge on any atom is 0.139 e. The number of nitrogens with zero attached hydrogens (tertiary/aromatic N) is 1. The van der Waals surface area contributed by atoms with Gasteiger partial charge in [0, 0.05) is 6.04 Å². The third-order valence-corrected chi connectivity index (χ3v) is 3.99. The summed E-state index contributed by atoms with van der Waals surface area (Å²) in [6, 6.07) is 5.19. The van der Waals surface area contributed by atoms with Crippen molar-refractivity contribution in [3.63, 3.8) is 0 Å². The zero-order valence-electron chi connectivity index (χ0n) is 9.77. The SMILES string of the molecule is Bc1cc(F)ccc1C1OC(P)[C@@H](C)N1C. The predicted octanol–water partition coefficient (Wildman–Crippen LogP) is 0.634. The van der Waals surface area contributed by atoms with Crippen LogP contribution in [-0.4, -0.2) is 31.7 Å². The van der Waals surface area contributed by atoms with E-state index in [-0.39, 0.29) is 17.9 Å². The molecule has 1 aliphatic heterocycles. The highest BCUT2D eigenvalue weighted by Gasteiger charge is 2.35. The van der Waals surface area contributed by atoms with Gasteiger partial charge in [-0.1, -0.05) is 11.5 Å². The minimum Gasteiger partial charge on any atom is -0.350 e. The van der Waals surface area contributed by atoms with Crippen LogP contribution in [0, 0.1) is 5.82 Å². The van der Waals surface area contributed by atoms with E-state index in [9.17, 15) is 4.39 Å². The third-order valence-electron chi connectivity index (χ3n) is 3.27. The van der Waals surface area contributed by atoms with Crippen molar-refractivity contribution in [1.29, 1.82) is 0 Å². The van der Waals surface area contributed by atoms with E-state index in [4.69, 9.17) is 4.74 Å². The molecule has 2 rings (SSSR count). The van der Waals surface area contributed by atoms with Gasteiger partial charge >= 0.3 is 0 Å². The monoisotopic (exact) mass is 239 g/mol. The van der Waals surface area contributed by atoms with Gasteiger partial charge in [-0.2, -0.15) is 0 Å². The van der Waals surface area contributed by atoms with Gasteiger partial charge in [0.1, 0.15) is 19.9 Å². The molecule has 1 fully saturated rings. The zero-order valence-corrected chi connectivity index (χ0v) is 10.9. The summed E-state index contributed by atoms with van der Waals surface area (Å²) in [6.07, 6.45) is -0.0712. The van der Waals surface area contributed by atoms with Gasteiger partial charge < -0.3 is 4.74 Å². The van der Waals surface area contributed by atoms with E-state index in [0.29, 0.717) is 6.04 Å². The fraction of sp³-hybridized carbons (Fsp3) is 0.455. The van der Waals surface area contributed by atoms with Crippen LogP contribution < -0.4 is 5.46 Å². The van der Waals surface area contributed by atoms with Crippen molar-refractivity contribution in [2.75, 3.05) is 7.05 Å². The molecule has 1 aliphatic rings. The number of likely N-dealkylation sites (N-methyl/N-ethyl adjacent to an activating group) is 1. The third kappa shape index (κ3) is 2.02. The molecule has 0 bridgehead atoms. The van der Waals surface area contributed by atoms with Gasteiger partial charge in [-0.3, -0.25) is 4.90 Å². The Morgan fingerprint density at radius 3 is 2.69 bits per heavy atom. The first-order chi connectivity index (χ1) is 7.50. The molecule has 16 heavy (non-hydrogen) atoms. The zero-order chi connectivity index (χ0) is 11.9. The molecule has 0 N–H and O–H groups in total. The first-order valence-corrected chi connectivity index (χ1v) is 6.06. The lowest BCUT2D eigenvalue weighted by Gasteiger charge is -2.22. The molecule has 5 heteroatoms. The van der Waals surface area contributed by atoms with Gasteiger partial charge in [0.05, 0.1) is 5.85 Å². The van der Waals surface area contributed by atoms with Crippen molar-refractivity contribution < 1.29 is 9.13 Å². The van der Waals surface area contributed by atoms with Crippen LogP contribution >= 0.6 is 9.24 Å². The summed E-state index contributed by atoms with van der Waals surface area (Å²) in [6.45, 7) is 2.12. The van der Waals surface area contributed by atoms with Gasteiger partial charge in [0.25, 0.3) is 0 Å². The molecule has 1 saturated heterocycles. The number of rotatable bonds is 1. The Balaban J connectivity index is 2.31. The number of ether oxygens (including phenoxy) is 1. The molecule has 1 heterocycles. The summed E-state index contributed by atoms with van der Waals surface area (Å²) in [7, 11) is 6.64. The molecule has 3 unspecified atom stereocenters. The largest absolute Gasteiger partial charge is 0.350 e. The van der Waals surface area contributed by atoms with Crippen LogP contribution in [0.3, 0.4) is 0 Å². The molecule has 1 aromatic rings. The molecule has 0 radical (unpaired) electrons. The van der Waals surface area contributed by atoms with Crippen LogP contribution in [0.5, 0.6) is 0 Å².